The fourth-order valence-corrected chi connectivity index (χ4v) is 18.2. The lowest BCUT2D eigenvalue weighted by Gasteiger charge is -2.43. The first-order valence-electron chi connectivity index (χ1n) is 44.3. The largest absolute Gasteiger partial charge is 0.489 e. The van der Waals surface area contributed by atoms with Crippen molar-refractivity contribution in [3.8, 4) is 69.0 Å². The van der Waals surface area contributed by atoms with Gasteiger partial charge in [-0.05, 0) is 139 Å². The van der Waals surface area contributed by atoms with E-state index < -0.39 is 34.9 Å². The van der Waals surface area contributed by atoms with Gasteiger partial charge in [0.15, 0.2) is 39.6 Å². The molecule has 130 heavy (non-hydrogen) atoms. The quantitative estimate of drug-likeness (QED) is 0.0205. The number of fused-ring (bicyclic) bond motifs is 1. The van der Waals surface area contributed by atoms with Crippen LogP contribution in [0.5, 0.6) is 69.0 Å². The molecule has 0 saturated heterocycles. The van der Waals surface area contributed by atoms with Gasteiger partial charge in [-0.2, -0.15) is 0 Å². The van der Waals surface area contributed by atoms with Crippen molar-refractivity contribution < 1.29 is 65.7 Å². The average molecular weight is 1950 g/mol. The van der Waals surface area contributed by atoms with Gasteiger partial charge >= 0.3 is 0 Å². The van der Waals surface area contributed by atoms with E-state index in [1.165, 1.54) is 0 Å². The minimum atomic E-state index is -2.39. The monoisotopic (exact) mass is 1950 g/mol. The summed E-state index contributed by atoms with van der Waals surface area (Å²) in [6.45, 7) is 26.1. The zero-order valence-electron chi connectivity index (χ0n) is 75.8. The highest BCUT2D eigenvalue weighted by molar-refractivity contribution is 14.1. The highest BCUT2D eigenvalue weighted by Crippen LogP contribution is 2.52. The molecule has 0 unspecified atom stereocenters. The molecule has 0 radical (unpaired) electrons. The van der Waals surface area contributed by atoms with E-state index in [0.717, 1.165) is 75.9 Å². The number of ether oxygens (including phenoxy) is 12. The Morgan fingerprint density at radius 1 is 0.331 bits per heavy atom. The van der Waals surface area contributed by atoms with E-state index in [4.69, 9.17) is 65.7 Å². The van der Waals surface area contributed by atoms with E-state index in [-0.39, 0.29) is 16.2 Å². The molecule has 15 rings (SSSR count). The fourth-order valence-electron chi connectivity index (χ4n) is 14.2. The zero-order valence-corrected chi connectivity index (χ0v) is 81.5. The molecule has 0 saturated carbocycles. The van der Waals surface area contributed by atoms with Crippen LogP contribution in [0.25, 0.3) is 0 Å². The zero-order chi connectivity index (χ0) is 90.7. The molecule has 0 N–H and O–H groups in total. The van der Waals surface area contributed by atoms with Crippen molar-refractivity contribution in [3.05, 3.63) is 428 Å². The molecule has 670 valence electrons. The van der Waals surface area contributed by atoms with Crippen LogP contribution in [0.2, 0.25) is 36.3 Å². The summed E-state index contributed by atoms with van der Waals surface area (Å²) in [5, 5.41) is 0.330. The van der Waals surface area contributed by atoms with Gasteiger partial charge in [0, 0.05) is 52.7 Å². The molecule has 1 aliphatic rings. The summed E-state index contributed by atoms with van der Waals surface area (Å²) in [5.74, 6) is 7.02. The van der Waals surface area contributed by atoms with Crippen LogP contribution in [0.3, 0.4) is 0 Å². The normalized spacial score (nSPS) is 13.6. The van der Waals surface area contributed by atoms with E-state index in [1.807, 2.05) is 279 Å². The van der Waals surface area contributed by atoms with Crippen molar-refractivity contribution in [1.82, 2.24) is 0 Å². The lowest BCUT2D eigenvalue weighted by atomic mass is 9.93. The number of halogens is 2. The van der Waals surface area contributed by atoms with Gasteiger partial charge in [-0.15, -0.1) is 0 Å². The first kappa shape index (κ1) is 94.4. The topological polar surface area (TPSA) is 129 Å². The number of alkyl halides is 1. The average Bonchev–Trinajstić information content (AvgIpc) is 0.757. The van der Waals surface area contributed by atoms with Crippen LogP contribution in [-0.2, 0) is 81.3 Å². The molecule has 0 spiro atoms. The lowest BCUT2D eigenvalue weighted by molar-refractivity contribution is 0.0269. The molecule has 1 heterocycles. The van der Waals surface area contributed by atoms with Gasteiger partial charge in [-0.25, -0.2) is 0 Å². The van der Waals surface area contributed by atoms with Crippen LogP contribution in [0.15, 0.2) is 352 Å². The van der Waals surface area contributed by atoms with Crippen molar-refractivity contribution in [2.24, 2.45) is 0 Å². The molecule has 0 aliphatic carbocycles. The van der Waals surface area contributed by atoms with Crippen molar-refractivity contribution in [2.45, 2.75) is 175 Å². The Morgan fingerprint density at radius 3 is 0.931 bits per heavy atom. The Balaban J connectivity index is 0.000000210. The van der Waals surface area contributed by atoms with E-state index in [9.17, 15) is 0 Å². The lowest BCUT2D eigenvalue weighted by Crippen LogP contribution is -2.47. The van der Waals surface area contributed by atoms with Gasteiger partial charge in [-0.3, -0.25) is 0 Å². The standard InChI is InChI=1S/C56H58BrIO7Si.C56H58O7Si/c1-56(2,3)66(4,5)65-52(35-57)54(64-49-34-47(59-36-41-21-11-6-12-22-41)33-48(53(49)58)60-37-42-23-13-7-14-24-42)46-31-50(61-38-43-25-15-8-16-26-43)55(63-40-45-29-19-10-20-30-45)51(32-46)62-39-44-27-17-9-18-28-44;1-56(2,3)64(4,5)63-53-35-48-49(58-37-42-23-13-7-14-24-42)33-47(57-36-41-21-11-6-12-22-41)34-50(48)62-54(53)46-31-51(59-38-43-25-15-8-16-26-43)55(61-40-45-29-19-10-20-30-45)52(32-46)60-39-44-27-17-9-18-28-44/h6-34,52,54H,35-40H2,1-5H3;6-34,53-54H,35-40H2,1-5H3/t52-,54+;53-,54+/m11/s1. The Labute approximate surface area is 791 Å². The van der Waals surface area contributed by atoms with Gasteiger partial charge in [0.1, 0.15) is 113 Å². The summed E-state index contributed by atoms with van der Waals surface area (Å²) in [7, 11) is -4.77. The number of hydrogen-bond donors (Lipinski definition) is 0. The second-order valence-corrected chi connectivity index (χ2v) is 46.6. The molecular weight excluding hydrogens is 1830 g/mol. The van der Waals surface area contributed by atoms with Crippen LogP contribution in [0, 0.1) is 3.57 Å². The van der Waals surface area contributed by atoms with E-state index in [0.29, 0.717) is 147 Å². The Hall–Kier alpha value is -11.8. The maximum atomic E-state index is 7.41. The van der Waals surface area contributed by atoms with Gasteiger partial charge in [0.25, 0.3) is 0 Å². The molecule has 0 amide bonds. The first-order chi connectivity index (χ1) is 63.0. The summed E-state index contributed by atoms with van der Waals surface area (Å²) >= 11 is 6.22. The summed E-state index contributed by atoms with van der Waals surface area (Å²) in [5.41, 5.74) is 12.9. The molecule has 14 aromatic rings. The van der Waals surface area contributed by atoms with Crippen molar-refractivity contribution in [1.29, 1.82) is 0 Å². The SMILES string of the molecule is CC(C)(C)[Si](C)(C)O[C@@H]1Cc2c(OCc3ccccc3)cc(OCc3ccccc3)cc2O[C@H]1c1cc(OCc2ccccc2)c(OCc2ccccc2)c(OCc2ccccc2)c1.CC(C)(C)[Si](C)(C)O[C@H](CBr)[C@@H](Oc1cc(OCc2ccccc2)cc(OCc2ccccc2)c1I)c1cc(OCc2ccccc2)c(OCc2ccccc2)c(OCc2ccccc2)c1. The molecule has 0 bridgehead atoms. The Kier molecular flexibility index (Phi) is 33.2. The minimum Gasteiger partial charge on any atom is -0.489 e. The Morgan fingerprint density at radius 2 is 0.608 bits per heavy atom. The second kappa shape index (κ2) is 45.7. The molecule has 1 aliphatic heterocycles. The molecule has 14 aromatic carbocycles. The van der Waals surface area contributed by atoms with E-state index in [1.54, 1.807) is 0 Å². The third-order valence-corrected chi connectivity index (χ3v) is 34.2. The molecule has 18 heteroatoms. The van der Waals surface area contributed by atoms with Crippen LogP contribution >= 0.6 is 38.5 Å². The van der Waals surface area contributed by atoms with Crippen LogP contribution in [-0.4, -0.2) is 34.2 Å². The van der Waals surface area contributed by atoms with E-state index in [2.05, 4.69) is 179 Å². The van der Waals surface area contributed by atoms with Crippen molar-refractivity contribution in [2.75, 3.05) is 5.33 Å². The molecule has 0 aromatic heterocycles. The fraction of sp³-hybridized carbons (Fsp3) is 0.250. The van der Waals surface area contributed by atoms with Crippen LogP contribution in [0.4, 0.5) is 0 Å². The third kappa shape index (κ3) is 26.7. The Bertz CT molecular complexity index is 5700. The molecule has 4 atom stereocenters. The number of hydrogen-bond acceptors (Lipinski definition) is 14. The number of benzene rings is 14. The summed E-state index contributed by atoms with van der Waals surface area (Å²) in [6, 6.07) is 117. The highest BCUT2D eigenvalue weighted by atomic mass is 127. The van der Waals surface area contributed by atoms with Crippen LogP contribution < -0.4 is 56.8 Å². The first-order valence-corrected chi connectivity index (χ1v) is 52.3. The molecule has 14 nitrogen and oxygen atoms in total. The molecular formula is C112H116BrIO14Si2. The van der Waals surface area contributed by atoms with Crippen molar-refractivity contribution >= 4 is 55.2 Å². The van der Waals surface area contributed by atoms with Gasteiger partial charge < -0.3 is 65.7 Å². The predicted octanol–water partition coefficient (Wildman–Crippen LogP) is 28.7. The second-order valence-electron chi connectivity index (χ2n) is 35.3. The van der Waals surface area contributed by atoms with Gasteiger partial charge in [0.2, 0.25) is 11.5 Å². The van der Waals surface area contributed by atoms with Crippen molar-refractivity contribution in [3.63, 3.8) is 0 Å². The van der Waals surface area contributed by atoms with Crippen LogP contribution in [0.1, 0.15) is 126 Å². The molecule has 0 fully saturated rings. The maximum absolute atomic E-state index is 7.41. The highest BCUT2D eigenvalue weighted by Gasteiger charge is 2.46. The van der Waals surface area contributed by atoms with Gasteiger partial charge in [-0.1, -0.05) is 361 Å². The van der Waals surface area contributed by atoms with E-state index >= 15 is 0 Å². The third-order valence-electron chi connectivity index (χ3n) is 23.5. The summed E-state index contributed by atoms with van der Waals surface area (Å²) in [6.07, 6.45) is -1.54. The van der Waals surface area contributed by atoms with Gasteiger partial charge in [0.05, 0.1) is 15.8 Å². The maximum Gasteiger partial charge on any atom is 0.203 e. The smallest absolute Gasteiger partial charge is 0.203 e. The summed E-state index contributed by atoms with van der Waals surface area (Å²) in [4.78, 5) is 0. The minimum absolute atomic E-state index is 0.0668. The summed E-state index contributed by atoms with van der Waals surface area (Å²) < 4.78 is 96.8. The predicted molar refractivity (Wildman–Crippen MR) is 535 cm³/mol. The number of rotatable bonds is 40.